The van der Waals surface area contributed by atoms with Crippen molar-refractivity contribution in [3.63, 3.8) is 0 Å². The molecule has 10 nitrogen and oxygen atoms in total. The number of carboxylic acids is 1. The van der Waals surface area contributed by atoms with Gasteiger partial charge in [-0.1, -0.05) is 0 Å². The number of aromatic nitrogens is 4. The second-order valence-electron chi connectivity index (χ2n) is 5.92. The fourth-order valence-corrected chi connectivity index (χ4v) is 2.71. The van der Waals surface area contributed by atoms with Crippen LogP contribution in [0, 0.1) is 0 Å². The highest BCUT2D eigenvalue weighted by Crippen LogP contribution is 2.22. The average molecular weight is 460 g/mol. The van der Waals surface area contributed by atoms with Crippen molar-refractivity contribution in [1.82, 2.24) is 25.3 Å². The number of aromatic amines is 1. The fourth-order valence-electron chi connectivity index (χ4n) is 2.38. The lowest BCUT2D eigenvalue weighted by Gasteiger charge is -2.10. The van der Waals surface area contributed by atoms with Crippen molar-refractivity contribution in [2.45, 2.75) is 6.42 Å². The van der Waals surface area contributed by atoms with Crippen LogP contribution in [0.2, 0.25) is 0 Å². The number of anilines is 3. The smallest absolute Gasteiger partial charge is 0.322 e. The van der Waals surface area contributed by atoms with Crippen LogP contribution in [0.3, 0.4) is 0 Å². The van der Waals surface area contributed by atoms with E-state index < -0.39 is 18.4 Å². The Morgan fingerprint density at radius 3 is 2.66 bits per heavy atom. The van der Waals surface area contributed by atoms with E-state index in [1.54, 1.807) is 43.0 Å². The highest BCUT2D eigenvalue weighted by molar-refractivity contribution is 9.10. The molecule has 0 saturated carbocycles. The summed E-state index contributed by atoms with van der Waals surface area (Å²) in [6.07, 6.45) is 5.82. The number of H-pyrrole nitrogens is 1. The largest absolute Gasteiger partial charge is 0.480 e. The molecule has 0 saturated heterocycles. The Morgan fingerprint density at radius 2 is 1.97 bits per heavy atom. The monoisotopic (exact) mass is 459 g/mol. The van der Waals surface area contributed by atoms with Gasteiger partial charge in [-0.3, -0.25) is 9.59 Å². The molecule has 150 valence electrons. The van der Waals surface area contributed by atoms with Gasteiger partial charge in [0.1, 0.15) is 12.4 Å². The molecule has 0 aliphatic rings. The Morgan fingerprint density at radius 1 is 1.17 bits per heavy atom. The fraction of sp³-hybridized carbons (Fsp3) is 0.167. The predicted molar refractivity (Wildman–Crippen MR) is 110 cm³/mol. The highest BCUT2D eigenvalue weighted by atomic mass is 79.9. The minimum absolute atomic E-state index is 0.356. The topological polar surface area (TPSA) is 145 Å². The first-order valence-electron chi connectivity index (χ1n) is 8.62. The van der Waals surface area contributed by atoms with Crippen molar-refractivity contribution < 1.29 is 14.7 Å². The van der Waals surface area contributed by atoms with Crippen LogP contribution < -0.4 is 16.0 Å². The number of aliphatic carboxylic acids is 1. The first-order chi connectivity index (χ1) is 14.0. The zero-order chi connectivity index (χ0) is 20.6. The van der Waals surface area contributed by atoms with Gasteiger partial charge < -0.3 is 26.0 Å². The molecule has 2 heterocycles. The molecule has 0 aliphatic heterocycles. The number of benzene rings is 1. The van der Waals surface area contributed by atoms with Crippen LogP contribution >= 0.6 is 15.9 Å². The maximum absolute atomic E-state index is 11.8. The minimum atomic E-state index is -1.10. The second kappa shape index (κ2) is 9.64. The van der Waals surface area contributed by atoms with Crippen molar-refractivity contribution >= 4 is 45.3 Å². The lowest BCUT2D eigenvalue weighted by atomic mass is 10.2. The number of rotatable bonds is 9. The molecule has 2 aromatic heterocycles. The molecule has 0 unspecified atom stereocenters. The number of nitrogens with one attached hydrogen (secondary N) is 4. The van der Waals surface area contributed by atoms with Gasteiger partial charge in [-0.2, -0.15) is 4.98 Å². The maximum Gasteiger partial charge on any atom is 0.322 e. The summed E-state index contributed by atoms with van der Waals surface area (Å²) in [5.41, 5.74) is 2.06. The normalized spacial score (nSPS) is 10.4. The summed E-state index contributed by atoms with van der Waals surface area (Å²) in [5.74, 6) is -0.521. The lowest BCUT2D eigenvalue weighted by molar-refractivity contribution is -0.135. The molecule has 29 heavy (non-hydrogen) atoms. The molecule has 3 aromatic rings. The summed E-state index contributed by atoms with van der Waals surface area (Å²) in [6.45, 7) is 0.235. The number of carboxylic acid groups (broad SMARTS) is 1. The van der Waals surface area contributed by atoms with Gasteiger partial charge in [0.15, 0.2) is 0 Å². The number of carbonyl (C=O) groups excluding carboxylic acids is 1. The van der Waals surface area contributed by atoms with Gasteiger partial charge in [0, 0.05) is 42.3 Å². The number of amides is 1. The molecule has 0 radical (unpaired) electrons. The zero-order valence-corrected chi connectivity index (χ0v) is 16.7. The van der Waals surface area contributed by atoms with Crippen LogP contribution in [0.4, 0.5) is 17.5 Å². The standard InChI is InChI=1S/C18H18BrN7O3/c19-14-8-23-18(26-16(14)21-6-5-13-7-20-10-24-13)25-12-3-1-11(2-4-12)17(29)22-9-15(27)28/h1-4,7-8,10H,5-6,9H2,(H,20,24)(H,22,29)(H,27,28)(H2,21,23,25,26). The lowest BCUT2D eigenvalue weighted by Crippen LogP contribution is -2.29. The zero-order valence-electron chi connectivity index (χ0n) is 15.1. The molecule has 0 spiro atoms. The predicted octanol–water partition coefficient (Wildman–Crippen LogP) is 2.17. The minimum Gasteiger partial charge on any atom is -0.480 e. The molecular weight excluding hydrogens is 442 g/mol. The highest BCUT2D eigenvalue weighted by Gasteiger charge is 2.09. The molecule has 1 aromatic carbocycles. The molecule has 0 aliphatic carbocycles. The van der Waals surface area contributed by atoms with Crippen LogP contribution in [-0.4, -0.2) is 50.0 Å². The molecule has 0 bridgehead atoms. The van der Waals surface area contributed by atoms with Gasteiger partial charge in [0.25, 0.3) is 5.91 Å². The number of nitrogens with zero attached hydrogens (tertiary/aromatic N) is 3. The third-order valence-corrected chi connectivity index (χ3v) is 4.37. The van der Waals surface area contributed by atoms with E-state index in [0.29, 0.717) is 29.6 Å². The van der Waals surface area contributed by atoms with E-state index in [-0.39, 0.29) is 0 Å². The van der Waals surface area contributed by atoms with Crippen LogP contribution in [-0.2, 0) is 11.2 Å². The van der Waals surface area contributed by atoms with E-state index in [4.69, 9.17) is 5.11 Å². The summed E-state index contributed by atoms with van der Waals surface area (Å²) in [7, 11) is 0. The van der Waals surface area contributed by atoms with Gasteiger partial charge in [-0.15, -0.1) is 0 Å². The first kappa shape index (κ1) is 20.3. The van der Waals surface area contributed by atoms with E-state index in [2.05, 4.69) is 51.8 Å². The van der Waals surface area contributed by atoms with Gasteiger partial charge in [-0.25, -0.2) is 9.97 Å². The van der Waals surface area contributed by atoms with Crippen LogP contribution in [0.1, 0.15) is 16.1 Å². The van der Waals surface area contributed by atoms with Crippen molar-refractivity contribution in [1.29, 1.82) is 0 Å². The third kappa shape index (κ3) is 6.01. The van der Waals surface area contributed by atoms with Gasteiger partial charge in [-0.05, 0) is 40.2 Å². The quantitative estimate of drug-likeness (QED) is 0.327. The summed E-state index contributed by atoms with van der Waals surface area (Å²) < 4.78 is 0.734. The van der Waals surface area contributed by atoms with E-state index in [9.17, 15) is 9.59 Å². The van der Waals surface area contributed by atoms with Crippen molar-refractivity contribution in [3.8, 4) is 0 Å². The van der Waals surface area contributed by atoms with Crippen molar-refractivity contribution in [2.75, 3.05) is 23.7 Å². The third-order valence-electron chi connectivity index (χ3n) is 3.79. The van der Waals surface area contributed by atoms with Gasteiger partial charge in [0.2, 0.25) is 5.95 Å². The number of carbonyl (C=O) groups is 2. The van der Waals surface area contributed by atoms with E-state index >= 15 is 0 Å². The Bertz CT molecular complexity index is 978. The summed E-state index contributed by atoms with van der Waals surface area (Å²) in [4.78, 5) is 38.1. The molecule has 11 heteroatoms. The molecule has 0 fully saturated rings. The SMILES string of the molecule is O=C(O)CNC(=O)c1ccc(Nc2ncc(Br)c(NCCc3cnc[nH]3)n2)cc1. The Labute approximate surface area is 174 Å². The van der Waals surface area contributed by atoms with Crippen LogP contribution in [0.5, 0.6) is 0 Å². The van der Waals surface area contributed by atoms with Gasteiger partial charge in [0.05, 0.1) is 10.8 Å². The Balaban J connectivity index is 1.59. The number of hydrogen-bond donors (Lipinski definition) is 5. The summed E-state index contributed by atoms with van der Waals surface area (Å²) >= 11 is 3.42. The number of imidazole rings is 1. The maximum atomic E-state index is 11.8. The van der Waals surface area contributed by atoms with Crippen molar-refractivity contribution in [2.24, 2.45) is 0 Å². The van der Waals surface area contributed by atoms with Gasteiger partial charge >= 0.3 is 5.97 Å². The molecule has 5 N–H and O–H groups in total. The van der Waals surface area contributed by atoms with Crippen LogP contribution in [0.25, 0.3) is 0 Å². The summed E-state index contributed by atoms with van der Waals surface area (Å²) in [5, 5.41) is 17.2. The molecule has 0 atom stereocenters. The average Bonchev–Trinajstić information content (AvgIpc) is 3.22. The molecule has 3 rings (SSSR count). The molecular formula is C18H18BrN7O3. The van der Waals surface area contributed by atoms with E-state index in [1.807, 2.05) is 0 Å². The Kier molecular flexibility index (Phi) is 6.74. The number of halogens is 1. The Hall–Kier alpha value is -3.47. The number of hydrogen-bond acceptors (Lipinski definition) is 7. The second-order valence-corrected chi connectivity index (χ2v) is 6.78. The van der Waals surface area contributed by atoms with E-state index in [0.717, 1.165) is 16.6 Å². The van der Waals surface area contributed by atoms with E-state index in [1.165, 1.54) is 0 Å². The first-order valence-corrected chi connectivity index (χ1v) is 9.41. The summed E-state index contributed by atoms with van der Waals surface area (Å²) in [6, 6.07) is 6.54. The molecule has 1 amide bonds. The van der Waals surface area contributed by atoms with Crippen molar-refractivity contribution in [3.05, 3.63) is 58.7 Å². The van der Waals surface area contributed by atoms with Crippen LogP contribution in [0.15, 0.2) is 47.5 Å².